The van der Waals surface area contributed by atoms with Crippen LogP contribution in [0, 0.1) is 11.7 Å². The van der Waals surface area contributed by atoms with Crippen molar-refractivity contribution in [2.45, 2.75) is 37.6 Å². The van der Waals surface area contributed by atoms with Crippen LogP contribution in [0.1, 0.15) is 31.7 Å². The maximum atomic E-state index is 13.7. The Kier molecular flexibility index (Phi) is 4.54. The summed E-state index contributed by atoms with van der Waals surface area (Å²) in [6, 6.07) is 7.06. The first-order valence-corrected chi connectivity index (χ1v) is 9.47. The Morgan fingerprint density at radius 1 is 1.24 bits per heavy atom. The van der Waals surface area contributed by atoms with Crippen LogP contribution >= 0.6 is 0 Å². The molecular weight excluding hydrogens is 319 g/mol. The lowest BCUT2D eigenvalue weighted by atomic mass is 9.63. The average molecular weight is 346 g/mol. The lowest BCUT2D eigenvalue weighted by Gasteiger charge is -2.43. The molecule has 1 aromatic rings. The van der Waals surface area contributed by atoms with Crippen LogP contribution in [0.15, 0.2) is 24.3 Å². The molecule has 3 aliphatic rings. The molecule has 25 heavy (non-hydrogen) atoms. The van der Waals surface area contributed by atoms with E-state index in [1.165, 1.54) is 6.07 Å². The maximum absolute atomic E-state index is 13.7. The number of carbonyl (C=O) groups excluding carboxylic acids is 1. The number of likely N-dealkylation sites (tertiary alicyclic amines) is 1. The zero-order valence-electron chi connectivity index (χ0n) is 14.9. The van der Waals surface area contributed by atoms with Crippen LogP contribution in [0.5, 0.6) is 0 Å². The van der Waals surface area contributed by atoms with Crippen molar-refractivity contribution in [3.05, 3.63) is 35.6 Å². The molecule has 1 aliphatic carbocycles. The third-order valence-electron chi connectivity index (χ3n) is 6.37. The van der Waals surface area contributed by atoms with Gasteiger partial charge in [0, 0.05) is 32.2 Å². The summed E-state index contributed by atoms with van der Waals surface area (Å²) < 4.78 is 19.2. The van der Waals surface area contributed by atoms with Gasteiger partial charge in [-0.3, -0.25) is 9.69 Å². The molecule has 1 saturated carbocycles. The van der Waals surface area contributed by atoms with Gasteiger partial charge in [-0.15, -0.1) is 0 Å². The highest BCUT2D eigenvalue weighted by atomic mass is 19.1. The highest BCUT2D eigenvalue weighted by Gasteiger charge is 2.50. The number of carbonyl (C=O) groups is 1. The Bertz CT molecular complexity index is 640. The van der Waals surface area contributed by atoms with E-state index in [4.69, 9.17) is 4.74 Å². The van der Waals surface area contributed by atoms with E-state index in [1.807, 2.05) is 11.0 Å². The smallest absolute Gasteiger partial charge is 0.233 e. The minimum absolute atomic E-state index is 0.201. The molecule has 0 radical (unpaired) electrons. The molecule has 1 amide bonds. The van der Waals surface area contributed by atoms with Crippen molar-refractivity contribution in [2.24, 2.45) is 5.92 Å². The van der Waals surface area contributed by atoms with Crippen molar-refractivity contribution >= 4 is 5.91 Å². The van der Waals surface area contributed by atoms with Gasteiger partial charge in [-0.25, -0.2) is 4.39 Å². The van der Waals surface area contributed by atoms with Gasteiger partial charge < -0.3 is 9.64 Å². The van der Waals surface area contributed by atoms with Crippen molar-refractivity contribution in [3.8, 4) is 0 Å². The van der Waals surface area contributed by atoms with Gasteiger partial charge in [-0.05, 0) is 36.5 Å². The molecule has 0 bridgehead atoms. The second kappa shape index (κ2) is 6.69. The van der Waals surface area contributed by atoms with Gasteiger partial charge in [0.15, 0.2) is 0 Å². The molecule has 2 saturated heterocycles. The molecule has 2 aliphatic heterocycles. The fraction of sp³-hybridized carbons (Fsp3) is 0.650. The minimum Gasteiger partial charge on any atom is -0.379 e. The molecule has 4 rings (SSSR count). The first-order chi connectivity index (χ1) is 12.1. The SMILES string of the molecule is C[C@@H]1CN(C(=O)C2(c3cccc(F)c3)CCC2)C[C@H]1N1CCOCC1. The number of ether oxygens (including phenoxy) is 1. The van der Waals surface area contributed by atoms with Crippen LogP contribution in [-0.4, -0.2) is 61.1 Å². The largest absolute Gasteiger partial charge is 0.379 e. The second-order valence-corrected chi connectivity index (χ2v) is 7.85. The molecular formula is C20H27FN2O2. The van der Waals surface area contributed by atoms with E-state index < -0.39 is 5.41 Å². The summed E-state index contributed by atoms with van der Waals surface area (Å²) in [6.07, 6.45) is 2.71. The summed E-state index contributed by atoms with van der Waals surface area (Å²) in [5.41, 5.74) is 0.355. The van der Waals surface area contributed by atoms with Gasteiger partial charge in [0.1, 0.15) is 5.82 Å². The monoisotopic (exact) mass is 346 g/mol. The van der Waals surface area contributed by atoms with Gasteiger partial charge in [-0.1, -0.05) is 25.5 Å². The summed E-state index contributed by atoms with van der Waals surface area (Å²) >= 11 is 0. The van der Waals surface area contributed by atoms with Crippen LogP contribution in [0.2, 0.25) is 0 Å². The standard InChI is InChI=1S/C20H27FN2O2/c1-15-13-23(14-18(15)22-8-10-25-11-9-22)19(24)20(6-3-7-20)16-4-2-5-17(21)12-16/h2,4-5,12,15,18H,3,6-11,13-14H2,1H3/t15-,18-/m1/s1. The molecule has 1 aromatic carbocycles. The van der Waals surface area contributed by atoms with Crippen molar-refractivity contribution in [3.63, 3.8) is 0 Å². The fourth-order valence-electron chi connectivity index (χ4n) is 4.75. The number of hydrogen-bond acceptors (Lipinski definition) is 3. The summed E-state index contributed by atoms with van der Waals surface area (Å²) in [5, 5.41) is 0. The lowest BCUT2D eigenvalue weighted by molar-refractivity contribution is -0.140. The van der Waals surface area contributed by atoms with Crippen molar-refractivity contribution in [1.29, 1.82) is 0 Å². The first kappa shape index (κ1) is 17.0. The summed E-state index contributed by atoms with van der Waals surface area (Å²) in [5.74, 6) is 0.413. The average Bonchev–Trinajstić information content (AvgIpc) is 2.96. The summed E-state index contributed by atoms with van der Waals surface area (Å²) in [4.78, 5) is 17.9. The van der Waals surface area contributed by atoms with E-state index in [9.17, 15) is 9.18 Å². The maximum Gasteiger partial charge on any atom is 0.233 e. The van der Waals surface area contributed by atoms with Gasteiger partial charge in [0.2, 0.25) is 5.91 Å². The van der Waals surface area contributed by atoms with Crippen molar-refractivity contribution in [2.75, 3.05) is 39.4 Å². The van der Waals surface area contributed by atoms with Gasteiger partial charge in [-0.2, -0.15) is 0 Å². The number of nitrogens with zero attached hydrogens (tertiary/aromatic N) is 2. The Balaban J connectivity index is 1.52. The van der Waals surface area contributed by atoms with Gasteiger partial charge >= 0.3 is 0 Å². The molecule has 0 N–H and O–H groups in total. The van der Waals surface area contributed by atoms with Crippen LogP contribution in [0.4, 0.5) is 4.39 Å². The Morgan fingerprint density at radius 3 is 2.64 bits per heavy atom. The fourth-order valence-corrected chi connectivity index (χ4v) is 4.75. The molecule has 136 valence electrons. The minimum atomic E-state index is -0.498. The van der Waals surface area contributed by atoms with Crippen LogP contribution in [-0.2, 0) is 14.9 Å². The first-order valence-electron chi connectivity index (χ1n) is 9.47. The highest BCUT2D eigenvalue weighted by Crippen LogP contribution is 2.46. The number of benzene rings is 1. The summed E-state index contributed by atoms with van der Waals surface area (Å²) in [6.45, 7) is 7.30. The Morgan fingerprint density at radius 2 is 2.00 bits per heavy atom. The predicted molar refractivity (Wildman–Crippen MR) is 93.9 cm³/mol. The van der Waals surface area contributed by atoms with E-state index in [0.29, 0.717) is 12.0 Å². The quantitative estimate of drug-likeness (QED) is 0.843. The van der Waals surface area contributed by atoms with Gasteiger partial charge in [0.25, 0.3) is 0 Å². The molecule has 3 fully saturated rings. The normalized spacial score (nSPS) is 29.4. The number of hydrogen-bond donors (Lipinski definition) is 0. The van der Waals surface area contributed by atoms with Gasteiger partial charge in [0.05, 0.1) is 18.6 Å². The molecule has 4 nitrogen and oxygen atoms in total. The molecule has 0 unspecified atom stereocenters. The third kappa shape index (κ3) is 2.97. The zero-order valence-corrected chi connectivity index (χ0v) is 14.9. The second-order valence-electron chi connectivity index (χ2n) is 7.85. The molecule has 2 atom stereocenters. The Hall–Kier alpha value is -1.46. The van der Waals surface area contributed by atoms with Crippen LogP contribution in [0.25, 0.3) is 0 Å². The summed E-state index contributed by atoms with van der Waals surface area (Å²) in [7, 11) is 0. The van der Waals surface area contributed by atoms with Crippen molar-refractivity contribution in [1.82, 2.24) is 9.80 Å². The van der Waals surface area contributed by atoms with E-state index in [1.54, 1.807) is 12.1 Å². The molecule has 0 aromatic heterocycles. The number of rotatable bonds is 3. The number of amides is 1. The number of halogens is 1. The van der Waals surface area contributed by atoms with Crippen LogP contribution in [0.3, 0.4) is 0 Å². The predicted octanol–water partition coefficient (Wildman–Crippen LogP) is 2.43. The van der Waals surface area contributed by atoms with E-state index >= 15 is 0 Å². The zero-order chi connectivity index (χ0) is 17.4. The molecule has 2 heterocycles. The number of morpholine rings is 1. The van der Waals surface area contributed by atoms with E-state index in [-0.39, 0.29) is 11.7 Å². The van der Waals surface area contributed by atoms with E-state index in [0.717, 1.165) is 64.2 Å². The lowest BCUT2D eigenvalue weighted by Crippen LogP contribution is -2.51. The highest BCUT2D eigenvalue weighted by molar-refractivity contribution is 5.89. The van der Waals surface area contributed by atoms with E-state index in [2.05, 4.69) is 11.8 Å². The Labute approximate surface area is 148 Å². The third-order valence-corrected chi connectivity index (χ3v) is 6.37. The topological polar surface area (TPSA) is 32.8 Å². The molecule has 5 heteroatoms. The van der Waals surface area contributed by atoms with Crippen molar-refractivity contribution < 1.29 is 13.9 Å². The molecule has 0 spiro atoms. The van der Waals surface area contributed by atoms with Crippen LogP contribution < -0.4 is 0 Å².